The number of nitro groups is 1. The van der Waals surface area contributed by atoms with Crippen molar-refractivity contribution < 1.29 is 14.4 Å². The highest BCUT2D eigenvalue weighted by molar-refractivity contribution is 5.43. The van der Waals surface area contributed by atoms with E-state index in [2.05, 4.69) is 5.32 Å². The standard InChI is InChI=1S/C15H24N2O4/c1-11(20-5)10-21-14-7-6-13(17(18)19)8-12(14)9-16-15(2,3)4/h6-8,11,16H,9-10H2,1-5H3. The Balaban J connectivity index is 2.91. The number of nitrogens with one attached hydrogen (secondary N) is 1. The van der Waals surface area contributed by atoms with E-state index < -0.39 is 4.92 Å². The van der Waals surface area contributed by atoms with Gasteiger partial charge in [0.25, 0.3) is 5.69 Å². The molecule has 0 saturated heterocycles. The summed E-state index contributed by atoms with van der Waals surface area (Å²) in [7, 11) is 1.62. The molecule has 1 N–H and O–H groups in total. The molecule has 0 saturated carbocycles. The van der Waals surface area contributed by atoms with E-state index >= 15 is 0 Å². The Hall–Kier alpha value is -1.66. The second-order valence-electron chi connectivity index (χ2n) is 6.01. The maximum Gasteiger partial charge on any atom is 0.270 e. The zero-order valence-corrected chi connectivity index (χ0v) is 13.3. The summed E-state index contributed by atoms with van der Waals surface area (Å²) >= 11 is 0. The molecule has 1 aromatic carbocycles. The van der Waals surface area contributed by atoms with Crippen molar-refractivity contribution in [3.8, 4) is 5.75 Å². The third-order valence-corrected chi connectivity index (χ3v) is 2.94. The van der Waals surface area contributed by atoms with E-state index in [1.165, 1.54) is 6.07 Å². The number of ether oxygens (including phenoxy) is 2. The van der Waals surface area contributed by atoms with Crippen LogP contribution in [0.15, 0.2) is 18.2 Å². The molecule has 0 heterocycles. The van der Waals surface area contributed by atoms with Crippen LogP contribution < -0.4 is 10.1 Å². The molecule has 118 valence electrons. The fourth-order valence-electron chi connectivity index (χ4n) is 1.59. The molecule has 6 nitrogen and oxygen atoms in total. The summed E-state index contributed by atoms with van der Waals surface area (Å²) in [6.07, 6.45) is -0.0383. The van der Waals surface area contributed by atoms with Crippen molar-refractivity contribution in [2.75, 3.05) is 13.7 Å². The summed E-state index contributed by atoms with van der Waals surface area (Å²) < 4.78 is 10.8. The van der Waals surface area contributed by atoms with Crippen LogP contribution >= 0.6 is 0 Å². The van der Waals surface area contributed by atoms with Crippen molar-refractivity contribution in [1.29, 1.82) is 0 Å². The fourth-order valence-corrected chi connectivity index (χ4v) is 1.59. The van der Waals surface area contributed by atoms with Crippen LogP contribution in [0.25, 0.3) is 0 Å². The lowest BCUT2D eigenvalue weighted by Gasteiger charge is -2.22. The lowest BCUT2D eigenvalue weighted by Crippen LogP contribution is -2.35. The molecule has 0 aliphatic carbocycles. The molecule has 0 aliphatic heterocycles. The maximum absolute atomic E-state index is 10.9. The maximum atomic E-state index is 10.9. The van der Waals surface area contributed by atoms with E-state index in [0.717, 1.165) is 5.56 Å². The summed E-state index contributed by atoms with van der Waals surface area (Å²) in [5.74, 6) is 0.640. The van der Waals surface area contributed by atoms with Crippen molar-refractivity contribution in [3.63, 3.8) is 0 Å². The minimum atomic E-state index is -0.401. The first kappa shape index (κ1) is 17.4. The van der Waals surface area contributed by atoms with E-state index in [1.54, 1.807) is 19.2 Å². The summed E-state index contributed by atoms with van der Waals surface area (Å²) in [6.45, 7) is 8.92. The van der Waals surface area contributed by atoms with Crippen molar-refractivity contribution in [2.45, 2.75) is 45.9 Å². The molecule has 1 aromatic rings. The first-order valence-corrected chi connectivity index (χ1v) is 6.91. The van der Waals surface area contributed by atoms with E-state index in [0.29, 0.717) is 18.9 Å². The highest BCUT2D eigenvalue weighted by atomic mass is 16.6. The predicted molar refractivity (Wildman–Crippen MR) is 81.7 cm³/mol. The van der Waals surface area contributed by atoms with Gasteiger partial charge in [-0.2, -0.15) is 0 Å². The predicted octanol–water partition coefficient (Wildman–Crippen LogP) is 2.90. The number of nitrogens with zero attached hydrogens (tertiary/aromatic N) is 1. The molecule has 21 heavy (non-hydrogen) atoms. The Kier molecular flexibility index (Phi) is 6.11. The largest absolute Gasteiger partial charge is 0.491 e. The molecule has 1 unspecified atom stereocenters. The molecule has 6 heteroatoms. The molecular formula is C15H24N2O4. The molecule has 1 rings (SSSR count). The topological polar surface area (TPSA) is 73.6 Å². The Morgan fingerprint density at radius 3 is 2.57 bits per heavy atom. The minimum Gasteiger partial charge on any atom is -0.491 e. The summed E-state index contributed by atoms with van der Waals surface area (Å²) in [4.78, 5) is 10.5. The van der Waals surface area contributed by atoms with Crippen LogP contribution in [0.2, 0.25) is 0 Å². The highest BCUT2D eigenvalue weighted by Crippen LogP contribution is 2.25. The van der Waals surface area contributed by atoms with Crippen LogP contribution in [0.3, 0.4) is 0 Å². The molecule has 0 radical (unpaired) electrons. The normalized spacial score (nSPS) is 13.0. The first-order chi connectivity index (χ1) is 9.73. The Morgan fingerprint density at radius 2 is 2.05 bits per heavy atom. The monoisotopic (exact) mass is 296 g/mol. The Morgan fingerprint density at radius 1 is 1.38 bits per heavy atom. The van der Waals surface area contributed by atoms with Crippen molar-refractivity contribution in [3.05, 3.63) is 33.9 Å². The zero-order chi connectivity index (χ0) is 16.0. The van der Waals surface area contributed by atoms with Crippen LogP contribution in [0.5, 0.6) is 5.75 Å². The number of methoxy groups -OCH3 is 1. The van der Waals surface area contributed by atoms with Gasteiger partial charge in [0.1, 0.15) is 12.4 Å². The molecule has 0 amide bonds. The van der Waals surface area contributed by atoms with Crippen molar-refractivity contribution >= 4 is 5.69 Å². The van der Waals surface area contributed by atoms with Gasteiger partial charge < -0.3 is 14.8 Å². The van der Waals surface area contributed by atoms with Gasteiger partial charge in [0.05, 0.1) is 11.0 Å². The average molecular weight is 296 g/mol. The molecule has 0 bridgehead atoms. The van der Waals surface area contributed by atoms with Gasteiger partial charge in [-0.15, -0.1) is 0 Å². The number of nitro benzene ring substituents is 1. The van der Waals surface area contributed by atoms with Gasteiger partial charge in [0.2, 0.25) is 0 Å². The van der Waals surface area contributed by atoms with Crippen molar-refractivity contribution in [1.82, 2.24) is 5.32 Å². The molecule has 0 aliphatic rings. The van der Waals surface area contributed by atoms with Crippen LogP contribution in [-0.2, 0) is 11.3 Å². The summed E-state index contributed by atoms with van der Waals surface area (Å²) in [5.41, 5.74) is 0.747. The number of benzene rings is 1. The quantitative estimate of drug-likeness (QED) is 0.618. The van der Waals surface area contributed by atoms with Crippen LogP contribution in [0.1, 0.15) is 33.3 Å². The first-order valence-electron chi connectivity index (χ1n) is 6.91. The van der Waals surface area contributed by atoms with Gasteiger partial charge >= 0.3 is 0 Å². The van der Waals surface area contributed by atoms with Crippen molar-refractivity contribution in [2.24, 2.45) is 0 Å². The average Bonchev–Trinajstić information content (AvgIpc) is 2.41. The number of hydrogen-bond acceptors (Lipinski definition) is 5. The van der Waals surface area contributed by atoms with Gasteiger partial charge in [-0.25, -0.2) is 0 Å². The summed E-state index contributed by atoms with van der Waals surface area (Å²) in [5, 5.41) is 14.2. The smallest absolute Gasteiger partial charge is 0.270 e. The number of non-ortho nitro benzene ring substituents is 1. The van der Waals surface area contributed by atoms with Gasteiger partial charge in [-0.3, -0.25) is 10.1 Å². The van der Waals surface area contributed by atoms with Gasteiger partial charge in [0.15, 0.2) is 0 Å². The van der Waals surface area contributed by atoms with E-state index in [1.807, 2.05) is 27.7 Å². The van der Waals surface area contributed by atoms with E-state index in [-0.39, 0.29) is 17.3 Å². The molecule has 1 atom stereocenters. The molecular weight excluding hydrogens is 272 g/mol. The van der Waals surface area contributed by atoms with Crippen LogP contribution in [0.4, 0.5) is 5.69 Å². The van der Waals surface area contributed by atoms with Crippen LogP contribution in [-0.4, -0.2) is 30.3 Å². The second-order valence-corrected chi connectivity index (χ2v) is 6.01. The second kappa shape index (κ2) is 7.38. The third kappa shape index (κ3) is 6.10. The van der Waals surface area contributed by atoms with E-state index in [9.17, 15) is 10.1 Å². The van der Waals surface area contributed by atoms with E-state index in [4.69, 9.17) is 9.47 Å². The highest BCUT2D eigenvalue weighted by Gasteiger charge is 2.15. The van der Waals surface area contributed by atoms with Gasteiger partial charge in [-0.05, 0) is 33.8 Å². The van der Waals surface area contributed by atoms with Gasteiger partial charge in [0, 0.05) is 36.9 Å². The Bertz CT molecular complexity index is 483. The Labute approximate surface area is 125 Å². The zero-order valence-electron chi connectivity index (χ0n) is 13.3. The molecule has 0 spiro atoms. The fraction of sp³-hybridized carbons (Fsp3) is 0.600. The lowest BCUT2D eigenvalue weighted by atomic mass is 10.1. The summed E-state index contributed by atoms with van der Waals surface area (Å²) in [6, 6.07) is 4.64. The SMILES string of the molecule is COC(C)COc1ccc([N+](=O)[O-])cc1CNC(C)(C)C. The molecule has 0 fully saturated rings. The minimum absolute atomic E-state index is 0.0383. The number of rotatable bonds is 7. The molecule has 0 aromatic heterocycles. The van der Waals surface area contributed by atoms with Crippen LogP contribution in [0, 0.1) is 10.1 Å². The number of hydrogen-bond donors (Lipinski definition) is 1. The van der Waals surface area contributed by atoms with Gasteiger partial charge in [-0.1, -0.05) is 0 Å². The third-order valence-electron chi connectivity index (χ3n) is 2.94. The lowest BCUT2D eigenvalue weighted by molar-refractivity contribution is -0.384.